The van der Waals surface area contributed by atoms with Crippen LogP contribution < -0.4 is 5.32 Å². The van der Waals surface area contributed by atoms with Crippen LogP contribution in [0, 0.1) is 5.92 Å². The van der Waals surface area contributed by atoms with Crippen LogP contribution in [0.1, 0.15) is 50.2 Å². The maximum atomic E-state index is 12.5. The Balaban J connectivity index is 1.46. The van der Waals surface area contributed by atoms with Gasteiger partial charge in [-0.05, 0) is 56.8 Å². The molecule has 2 heterocycles. The second-order valence-electron chi connectivity index (χ2n) is 7.95. The number of carbonyl (C=O) groups is 1. The molecule has 3 rings (SSSR count). The Morgan fingerprint density at radius 1 is 1.07 bits per heavy atom. The van der Waals surface area contributed by atoms with E-state index in [4.69, 9.17) is 0 Å². The van der Waals surface area contributed by atoms with Gasteiger partial charge in [-0.15, -0.1) is 0 Å². The third-order valence-corrected chi connectivity index (χ3v) is 7.78. The summed E-state index contributed by atoms with van der Waals surface area (Å²) in [6.07, 6.45) is 5.11. The number of benzene rings is 1. The van der Waals surface area contributed by atoms with Gasteiger partial charge in [-0.25, -0.2) is 12.7 Å². The van der Waals surface area contributed by atoms with Crippen LogP contribution in [0.15, 0.2) is 24.3 Å². The van der Waals surface area contributed by atoms with Gasteiger partial charge in [0.15, 0.2) is 0 Å². The second-order valence-corrected chi connectivity index (χ2v) is 10.2. The zero-order chi connectivity index (χ0) is 20.0. The van der Waals surface area contributed by atoms with Crippen molar-refractivity contribution in [2.75, 3.05) is 31.9 Å². The SMILES string of the molecule is CCS(=O)(=O)N1CCC(C(=O)NCc2cccc(CN3CCCCC3)c2)CC1. The van der Waals surface area contributed by atoms with E-state index in [2.05, 4.69) is 34.5 Å². The average Bonchev–Trinajstić information content (AvgIpc) is 2.73. The molecule has 0 spiro atoms. The Morgan fingerprint density at radius 3 is 2.43 bits per heavy atom. The number of amides is 1. The van der Waals surface area contributed by atoms with E-state index in [1.165, 1.54) is 42.2 Å². The van der Waals surface area contributed by atoms with E-state index in [1.807, 2.05) is 0 Å². The highest BCUT2D eigenvalue weighted by Gasteiger charge is 2.29. The molecule has 156 valence electrons. The van der Waals surface area contributed by atoms with Crippen molar-refractivity contribution >= 4 is 15.9 Å². The zero-order valence-electron chi connectivity index (χ0n) is 16.9. The van der Waals surface area contributed by atoms with Gasteiger partial charge in [0.05, 0.1) is 5.75 Å². The van der Waals surface area contributed by atoms with Gasteiger partial charge in [0.1, 0.15) is 0 Å². The minimum absolute atomic E-state index is 0.0370. The summed E-state index contributed by atoms with van der Waals surface area (Å²) >= 11 is 0. The quantitative estimate of drug-likeness (QED) is 0.753. The van der Waals surface area contributed by atoms with Crippen molar-refractivity contribution in [2.45, 2.75) is 52.1 Å². The first-order chi connectivity index (χ1) is 13.5. The number of rotatable bonds is 7. The number of nitrogens with one attached hydrogen (secondary N) is 1. The lowest BCUT2D eigenvalue weighted by molar-refractivity contribution is -0.126. The van der Waals surface area contributed by atoms with Crippen LogP contribution in [0.3, 0.4) is 0 Å². The highest BCUT2D eigenvalue weighted by Crippen LogP contribution is 2.20. The van der Waals surface area contributed by atoms with Gasteiger partial charge in [0, 0.05) is 32.1 Å². The van der Waals surface area contributed by atoms with E-state index < -0.39 is 10.0 Å². The summed E-state index contributed by atoms with van der Waals surface area (Å²) < 4.78 is 25.4. The zero-order valence-corrected chi connectivity index (χ0v) is 17.7. The smallest absolute Gasteiger partial charge is 0.223 e. The van der Waals surface area contributed by atoms with Crippen LogP contribution in [0.4, 0.5) is 0 Å². The number of piperidine rings is 2. The topological polar surface area (TPSA) is 69.7 Å². The minimum atomic E-state index is -3.15. The van der Waals surface area contributed by atoms with Crippen LogP contribution in [0.25, 0.3) is 0 Å². The largest absolute Gasteiger partial charge is 0.352 e. The summed E-state index contributed by atoms with van der Waals surface area (Å²) in [5.41, 5.74) is 2.42. The maximum Gasteiger partial charge on any atom is 0.223 e. The van der Waals surface area contributed by atoms with Crippen LogP contribution in [-0.2, 0) is 27.9 Å². The first kappa shape index (κ1) is 21.3. The van der Waals surface area contributed by atoms with Gasteiger partial charge in [-0.2, -0.15) is 0 Å². The van der Waals surface area contributed by atoms with Crippen molar-refractivity contribution < 1.29 is 13.2 Å². The van der Waals surface area contributed by atoms with E-state index in [0.717, 1.165) is 12.1 Å². The van der Waals surface area contributed by atoms with Gasteiger partial charge in [-0.1, -0.05) is 30.7 Å². The van der Waals surface area contributed by atoms with Crippen molar-refractivity contribution in [3.05, 3.63) is 35.4 Å². The fraction of sp³-hybridized carbons (Fsp3) is 0.667. The molecule has 2 fully saturated rings. The Labute approximate surface area is 169 Å². The molecule has 1 aromatic rings. The van der Waals surface area contributed by atoms with Crippen molar-refractivity contribution in [3.63, 3.8) is 0 Å². The van der Waals surface area contributed by atoms with E-state index >= 15 is 0 Å². The lowest BCUT2D eigenvalue weighted by Crippen LogP contribution is -2.43. The van der Waals surface area contributed by atoms with Gasteiger partial charge in [0.2, 0.25) is 15.9 Å². The molecule has 0 atom stereocenters. The molecule has 1 aromatic carbocycles. The molecule has 0 bridgehead atoms. The first-order valence-corrected chi connectivity index (χ1v) is 12.1. The molecule has 2 aliphatic heterocycles. The van der Waals surface area contributed by atoms with Gasteiger partial charge in [-0.3, -0.25) is 9.69 Å². The fourth-order valence-corrected chi connectivity index (χ4v) is 5.26. The average molecular weight is 408 g/mol. The van der Waals surface area contributed by atoms with Crippen molar-refractivity contribution in [1.82, 2.24) is 14.5 Å². The molecule has 28 heavy (non-hydrogen) atoms. The highest BCUT2D eigenvalue weighted by molar-refractivity contribution is 7.89. The molecule has 1 N–H and O–H groups in total. The molecule has 6 nitrogen and oxygen atoms in total. The number of hydrogen-bond donors (Lipinski definition) is 1. The third-order valence-electron chi connectivity index (χ3n) is 5.90. The molecular formula is C21H33N3O3S. The number of nitrogens with zero attached hydrogens (tertiary/aromatic N) is 2. The maximum absolute atomic E-state index is 12.5. The van der Waals surface area contributed by atoms with Crippen LogP contribution in [-0.4, -0.2) is 55.5 Å². The van der Waals surface area contributed by atoms with Crippen LogP contribution in [0.2, 0.25) is 0 Å². The van der Waals surface area contributed by atoms with E-state index in [9.17, 15) is 13.2 Å². The molecule has 0 aliphatic carbocycles. The Bertz CT molecular complexity index is 752. The third kappa shape index (κ3) is 5.78. The van der Waals surface area contributed by atoms with Crippen molar-refractivity contribution in [2.24, 2.45) is 5.92 Å². The second kappa shape index (κ2) is 9.85. The van der Waals surface area contributed by atoms with Crippen LogP contribution in [0.5, 0.6) is 0 Å². The molecule has 2 aliphatic rings. The van der Waals surface area contributed by atoms with Gasteiger partial charge >= 0.3 is 0 Å². The molecule has 7 heteroatoms. The Morgan fingerprint density at radius 2 is 1.75 bits per heavy atom. The number of likely N-dealkylation sites (tertiary alicyclic amines) is 1. The summed E-state index contributed by atoms with van der Waals surface area (Å²) in [5.74, 6) is 0.0623. The van der Waals surface area contributed by atoms with Crippen LogP contribution >= 0.6 is 0 Å². The van der Waals surface area contributed by atoms with Crippen molar-refractivity contribution in [3.8, 4) is 0 Å². The fourth-order valence-electron chi connectivity index (χ4n) is 4.13. The molecule has 0 aromatic heterocycles. The molecule has 0 saturated carbocycles. The Hall–Kier alpha value is -1.44. The van der Waals surface area contributed by atoms with E-state index in [0.29, 0.717) is 32.5 Å². The predicted molar refractivity (Wildman–Crippen MR) is 111 cm³/mol. The molecule has 1 amide bonds. The summed E-state index contributed by atoms with van der Waals surface area (Å²) in [6.45, 7) is 6.40. The number of sulfonamides is 1. The molecule has 0 unspecified atom stereocenters. The van der Waals surface area contributed by atoms with Gasteiger partial charge < -0.3 is 5.32 Å². The molecular weight excluding hydrogens is 374 g/mol. The summed E-state index contributed by atoms with van der Waals surface area (Å²) in [4.78, 5) is 15.0. The molecule has 0 radical (unpaired) electrons. The standard InChI is InChI=1S/C21H33N3O3S/c1-2-28(26,27)24-13-9-20(10-14-24)21(25)22-16-18-7-6-8-19(15-18)17-23-11-4-3-5-12-23/h6-8,15,20H,2-5,9-14,16-17H2,1H3,(H,22,25). The predicted octanol–water partition coefficient (Wildman–Crippen LogP) is 2.35. The number of hydrogen-bond acceptors (Lipinski definition) is 4. The van der Waals surface area contributed by atoms with E-state index in [1.54, 1.807) is 6.92 Å². The number of carbonyl (C=O) groups excluding carboxylic acids is 1. The highest BCUT2D eigenvalue weighted by atomic mass is 32.2. The summed E-state index contributed by atoms with van der Waals surface area (Å²) in [6, 6.07) is 8.46. The lowest BCUT2D eigenvalue weighted by atomic mass is 9.97. The lowest BCUT2D eigenvalue weighted by Gasteiger charge is -2.30. The minimum Gasteiger partial charge on any atom is -0.352 e. The van der Waals surface area contributed by atoms with E-state index in [-0.39, 0.29) is 17.6 Å². The first-order valence-electron chi connectivity index (χ1n) is 10.5. The Kier molecular flexibility index (Phi) is 7.48. The van der Waals surface area contributed by atoms with Gasteiger partial charge in [0.25, 0.3) is 0 Å². The van der Waals surface area contributed by atoms with Crippen molar-refractivity contribution in [1.29, 1.82) is 0 Å². The normalized spacial score (nSPS) is 20.2. The summed E-state index contributed by atoms with van der Waals surface area (Å²) in [7, 11) is -3.15. The summed E-state index contributed by atoms with van der Waals surface area (Å²) in [5, 5.41) is 3.05. The monoisotopic (exact) mass is 407 g/mol. The molecule has 2 saturated heterocycles.